The maximum atomic E-state index is 15.3. The molecule has 43 heavy (non-hydrogen) atoms. The highest BCUT2D eigenvalue weighted by Gasteiger charge is 2.29. The highest BCUT2D eigenvalue weighted by molar-refractivity contribution is 5.98. The van der Waals surface area contributed by atoms with E-state index in [0.717, 1.165) is 28.1 Å². The number of carbonyl (C=O) groups excluding carboxylic acids is 2. The summed E-state index contributed by atoms with van der Waals surface area (Å²) in [6.07, 6.45) is 2.61. The van der Waals surface area contributed by atoms with Gasteiger partial charge in [-0.2, -0.15) is 0 Å². The molecule has 2 amide bonds. The van der Waals surface area contributed by atoms with E-state index in [0.29, 0.717) is 16.6 Å². The molecular formula is C33H34F2N4O4. The molecule has 0 aliphatic rings. The summed E-state index contributed by atoms with van der Waals surface area (Å²) >= 11 is 0. The molecule has 0 aliphatic carbocycles. The lowest BCUT2D eigenvalue weighted by atomic mass is 9.90. The summed E-state index contributed by atoms with van der Waals surface area (Å²) in [5, 5.41) is 15.7. The van der Waals surface area contributed by atoms with E-state index in [1.165, 1.54) is 18.3 Å². The van der Waals surface area contributed by atoms with E-state index in [4.69, 9.17) is 0 Å². The zero-order valence-corrected chi connectivity index (χ0v) is 24.7. The van der Waals surface area contributed by atoms with Gasteiger partial charge >= 0.3 is 5.97 Å². The van der Waals surface area contributed by atoms with E-state index in [2.05, 4.69) is 20.6 Å². The maximum Gasteiger partial charge on any atom is 0.305 e. The molecule has 0 saturated heterocycles. The van der Waals surface area contributed by atoms with Crippen LogP contribution in [-0.2, 0) is 9.59 Å². The van der Waals surface area contributed by atoms with Crippen molar-refractivity contribution in [3.63, 3.8) is 0 Å². The van der Waals surface area contributed by atoms with Crippen molar-refractivity contribution >= 4 is 28.7 Å². The number of benzene rings is 2. The number of hydrogen-bond acceptors (Lipinski definition) is 5. The number of carbonyl (C=O) groups is 3. The zero-order chi connectivity index (χ0) is 31.4. The first-order chi connectivity index (χ1) is 20.3. The highest BCUT2D eigenvalue weighted by Crippen LogP contribution is 2.33. The molecule has 2 atom stereocenters. The van der Waals surface area contributed by atoms with E-state index in [1.54, 1.807) is 18.3 Å². The molecule has 0 spiro atoms. The van der Waals surface area contributed by atoms with Gasteiger partial charge in [-0.3, -0.25) is 19.4 Å². The Morgan fingerprint density at radius 2 is 1.65 bits per heavy atom. The van der Waals surface area contributed by atoms with Crippen LogP contribution in [0.1, 0.15) is 65.5 Å². The SMILES string of the molecule is Cc1cc(C)c(-c2cc(F)c(F)c([C@H](CC(=O)O)NC(=O)[C@H](CC(C)C)NC(=O)c3ccc4ccncc4n3)c2)c(C)c1. The molecule has 0 saturated carbocycles. The highest BCUT2D eigenvalue weighted by atomic mass is 19.2. The number of aromatic nitrogens is 2. The lowest BCUT2D eigenvalue weighted by Gasteiger charge is -2.25. The first-order valence-corrected chi connectivity index (χ1v) is 13.9. The molecule has 2 aromatic heterocycles. The number of amides is 2. The van der Waals surface area contributed by atoms with Crippen molar-refractivity contribution in [2.24, 2.45) is 5.92 Å². The molecule has 8 nitrogen and oxygen atoms in total. The molecule has 2 aromatic carbocycles. The second-order valence-corrected chi connectivity index (χ2v) is 11.2. The molecule has 3 N–H and O–H groups in total. The lowest BCUT2D eigenvalue weighted by Crippen LogP contribution is -2.48. The predicted molar refractivity (Wildman–Crippen MR) is 159 cm³/mol. The number of aliphatic carboxylic acids is 1. The average Bonchev–Trinajstić information content (AvgIpc) is 2.92. The fraction of sp³-hybridized carbons (Fsp3) is 0.303. The van der Waals surface area contributed by atoms with Crippen molar-refractivity contribution in [3.8, 4) is 11.1 Å². The summed E-state index contributed by atoms with van der Waals surface area (Å²) in [6.45, 7) is 9.34. The summed E-state index contributed by atoms with van der Waals surface area (Å²) < 4.78 is 30.3. The summed E-state index contributed by atoms with van der Waals surface area (Å²) in [5.41, 5.74) is 3.99. The molecule has 10 heteroatoms. The number of aryl methyl sites for hydroxylation is 3. The summed E-state index contributed by atoms with van der Waals surface area (Å²) in [4.78, 5) is 46.8. The Kier molecular flexibility index (Phi) is 9.48. The third kappa shape index (κ3) is 7.38. The van der Waals surface area contributed by atoms with Crippen LogP contribution in [-0.4, -0.2) is 38.9 Å². The largest absolute Gasteiger partial charge is 0.481 e. The first-order valence-electron chi connectivity index (χ1n) is 13.9. The Morgan fingerprint density at radius 3 is 2.30 bits per heavy atom. The number of hydrogen-bond donors (Lipinski definition) is 3. The second-order valence-electron chi connectivity index (χ2n) is 11.2. The van der Waals surface area contributed by atoms with Crippen LogP contribution < -0.4 is 10.6 Å². The van der Waals surface area contributed by atoms with Crippen LogP contribution in [0.15, 0.2) is 54.9 Å². The van der Waals surface area contributed by atoms with Gasteiger partial charge < -0.3 is 15.7 Å². The van der Waals surface area contributed by atoms with Gasteiger partial charge in [-0.05, 0) is 79.6 Å². The third-order valence-electron chi connectivity index (χ3n) is 7.15. The van der Waals surface area contributed by atoms with Crippen LogP contribution >= 0.6 is 0 Å². The maximum absolute atomic E-state index is 15.3. The summed E-state index contributed by atoms with van der Waals surface area (Å²) in [6, 6.07) is 8.74. The molecular weight excluding hydrogens is 554 g/mol. The Bertz CT molecular complexity index is 1680. The van der Waals surface area contributed by atoms with Crippen molar-refractivity contribution in [2.45, 2.75) is 59.5 Å². The smallest absolute Gasteiger partial charge is 0.305 e. The fourth-order valence-corrected chi connectivity index (χ4v) is 5.36. The molecule has 0 fully saturated rings. The summed E-state index contributed by atoms with van der Waals surface area (Å²) in [7, 11) is 0. The van der Waals surface area contributed by atoms with Gasteiger partial charge in [0.1, 0.15) is 11.7 Å². The second kappa shape index (κ2) is 13.1. The quantitative estimate of drug-likeness (QED) is 0.210. The zero-order valence-electron chi connectivity index (χ0n) is 24.7. The van der Waals surface area contributed by atoms with E-state index in [-0.39, 0.29) is 23.6 Å². The van der Waals surface area contributed by atoms with Crippen LogP contribution in [0.2, 0.25) is 0 Å². The molecule has 0 unspecified atom stereocenters. The van der Waals surface area contributed by atoms with Crippen LogP contribution in [0.4, 0.5) is 8.78 Å². The standard InChI is InChI=1S/C33H34F2N4O4/c1-17(2)10-27(39-32(42)25-7-6-21-8-9-36-16-28(21)37-25)33(43)38-26(15-29(40)41)23-13-22(14-24(34)31(23)35)30-19(4)11-18(3)12-20(30)5/h6-9,11-14,16-17,26-27H,10,15H2,1-5H3,(H,38,43)(H,39,42)(H,40,41)/t26-,27-/m0/s1. The molecule has 4 aromatic rings. The molecule has 0 aliphatic heterocycles. The monoisotopic (exact) mass is 588 g/mol. The minimum atomic E-state index is -1.41. The topological polar surface area (TPSA) is 121 Å². The Morgan fingerprint density at radius 1 is 0.953 bits per heavy atom. The Labute approximate surface area is 248 Å². The van der Waals surface area contributed by atoms with Gasteiger partial charge in [0, 0.05) is 17.1 Å². The number of fused-ring (bicyclic) bond motifs is 1. The van der Waals surface area contributed by atoms with Gasteiger partial charge in [0.25, 0.3) is 5.91 Å². The fourth-order valence-electron chi connectivity index (χ4n) is 5.36. The van der Waals surface area contributed by atoms with Crippen molar-refractivity contribution in [1.82, 2.24) is 20.6 Å². The van der Waals surface area contributed by atoms with Crippen molar-refractivity contribution in [3.05, 3.63) is 94.4 Å². The number of pyridine rings is 2. The van der Waals surface area contributed by atoms with Gasteiger partial charge in [0.2, 0.25) is 5.91 Å². The molecule has 224 valence electrons. The van der Waals surface area contributed by atoms with Gasteiger partial charge in [0.05, 0.1) is 24.2 Å². The van der Waals surface area contributed by atoms with Crippen LogP contribution in [0.5, 0.6) is 0 Å². The van der Waals surface area contributed by atoms with Gasteiger partial charge in [-0.15, -0.1) is 0 Å². The van der Waals surface area contributed by atoms with Crippen molar-refractivity contribution in [1.29, 1.82) is 0 Å². The van der Waals surface area contributed by atoms with Crippen LogP contribution in [0.3, 0.4) is 0 Å². The van der Waals surface area contributed by atoms with E-state index in [9.17, 15) is 19.5 Å². The number of carboxylic acids is 1. The number of nitrogens with one attached hydrogen (secondary N) is 2. The first kappa shape index (κ1) is 31.2. The molecule has 2 heterocycles. The Balaban J connectivity index is 1.67. The van der Waals surface area contributed by atoms with Gasteiger partial charge in [0.15, 0.2) is 11.6 Å². The normalized spacial score (nSPS) is 12.7. The minimum absolute atomic E-state index is 0.0484. The molecule has 4 rings (SSSR count). The van der Waals surface area contributed by atoms with Crippen molar-refractivity contribution in [2.75, 3.05) is 0 Å². The number of nitrogens with zero attached hydrogens (tertiary/aromatic N) is 2. The van der Waals surface area contributed by atoms with E-state index < -0.39 is 47.9 Å². The Hall–Kier alpha value is -4.73. The molecule has 0 radical (unpaired) electrons. The van der Waals surface area contributed by atoms with Crippen molar-refractivity contribution < 1.29 is 28.3 Å². The number of halogens is 2. The van der Waals surface area contributed by atoms with Crippen LogP contribution in [0, 0.1) is 38.3 Å². The van der Waals surface area contributed by atoms with E-state index >= 15 is 8.78 Å². The third-order valence-corrected chi connectivity index (χ3v) is 7.15. The van der Waals surface area contributed by atoms with Gasteiger partial charge in [-0.1, -0.05) is 37.6 Å². The predicted octanol–water partition coefficient (Wildman–Crippen LogP) is 5.98. The van der Waals surface area contributed by atoms with Crippen LogP contribution in [0.25, 0.3) is 22.0 Å². The molecule has 0 bridgehead atoms. The van der Waals surface area contributed by atoms with E-state index in [1.807, 2.05) is 46.8 Å². The number of rotatable bonds is 10. The number of carboxylic acid groups (broad SMARTS) is 1. The lowest BCUT2D eigenvalue weighted by molar-refractivity contribution is -0.137. The minimum Gasteiger partial charge on any atom is -0.481 e. The van der Waals surface area contributed by atoms with Gasteiger partial charge in [-0.25, -0.2) is 13.8 Å². The summed E-state index contributed by atoms with van der Waals surface area (Å²) in [5.74, 6) is -5.14. The average molecular weight is 589 g/mol.